The molecular formula is C60H43N5. The third-order valence-corrected chi connectivity index (χ3v) is 14.0. The zero-order chi connectivity index (χ0) is 43.2. The highest BCUT2D eigenvalue weighted by molar-refractivity contribution is 6.11. The Bertz CT molecular complexity index is 3590. The van der Waals surface area contributed by atoms with Gasteiger partial charge in [-0.1, -0.05) is 196 Å². The number of para-hydroxylation sites is 4. The van der Waals surface area contributed by atoms with Crippen molar-refractivity contribution in [3.63, 3.8) is 0 Å². The molecule has 0 spiro atoms. The van der Waals surface area contributed by atoms with Crippen LogP contribution in [-0.4, -0.2) is 24.1 Å². The van der Waals surface area contributed by atoms with Crippen LogP contribution in [0.2, 0.25) is 0 Å². The van der Waals surface area contributed by atoms with Gasteiger partial charge in [-0.3, -0.25) is 0 Å². The molecule has 65 heavy (non-hydrogen) atoms. The maximum absolute atomic E-state index is 5.44. The van der Waals surface area contributed by atoms with E-state index in [0.717, 1.165) is 27.8 Å². The Balaban J connectivity index is 1.18. The van der Waals surface area contributed by atoms with Gasteiger partial charge in [-0.2, -0.15) is 0 Å². The van der Waals surface area contributed by atoms with Gasteiger partial charge in [0.25, 0.3) is 0 Å². The molecule has 0 N–H and O–H groups in total. The van der Waals surface area contributed by atoms with E-state index in [2.05, 4.69) is 199 Å². The van der Waals surface area contributed by atoms with Crippen molar-refractivity contribution >= 4 is 54.8 Å². The summed E-state index contributed by atoms with van der Waals surface area (Å²) < 4.78 is 5.19. The van der Waals surface area contributed by atoms with Gasteiger partial charge in [0.15, 0.2) is 17.5 Å². The molecule has 0 radical (unpaired) electrons. The van der Waals surface area contributed by atoms with Gasteiger partial charge >= 0.3 is 0 Å². The van der Waals surface area contributed by atoms with E-state index in [4.69, 9.17) is 15.0 Å². The standard InChI is InChI=1S/C60H43N5/c1-60(2)48-28-14-9-23-41(48)42-34-33-40(37-49(42)60)55-47(59-62-57(38-19-5-3-6-20-38)61-58(63-59)39-21-7-4-8-22-39)35-36-54(64-50-29-15-10-24-43(50)44-25-11-16-30-51(44)64)56(55)65-52-31-17-12-26-45(52)46-27-13-18-32-53(46)65/h3-37,54,56H,1-2H3. The number of nitrogens with zero attached hydrogens (tertiary/aromatic N) is 5. The molecule has 0 fully saturated rings. The van der Waals surface area contributed by atoms with Gasteiger partial charge in [-0.25, -0.2) is 15.0 Å². The van der Waals surface area contributed by atoms with Gasteiger partial charge < -0.3 is 9.13 Å². The Hall–Kier alpha value is -8.15. The molecule has 0 amide bonds. The maximum Gasteiger partial charge on any atom is 0.164 e. The molecule has 3 heterocycles. The number of allylic oxidation sites excluding steroid dienone is 4. The van der Waals surface area contributed by atoms with Gasteiger partial charge in [0.1, 0.15) is 0 Å². The molecule has 2 unspecified atom stereocenters. The van der Waals surface area contributed by atoms with Crippen LogP contribution in [0.3, 0.4) is 0 Å². The first-order chi connectivity index (χ1) is 32.0. The molecule has 0 aliphatic heterocycles. The first-order valence-electron chi connectivity index (χ1n) is 22.5. The Labute approximate surface area is 377 Å². The second-order valence-electron chi connectivity index (χ2n) is 17.9. The number of aromatic nitrogens is 5. The highest BCUT2D eigenvalue weighted by Gasteiger charge is 2.40. The fourth-order valence-corrected chi connectivity index (χ4v) is 11.1. The van der Waals surface area contributed by atoms with Crippen LogP contribution in [0.4, 0.5) is 0 Å². The molecule has 0 bridgehead atoms. The maximum atomic E-state index is 5.44. The fourth-order valence-electron chi connectivity index (χ4n) is 11.1. The molecule has 0 saturated heterocycles. The topological polar surface area (TPSA) is 48.5 Å². The van der Waals surface area contributed by atoms with Crippen molar-refractivity contribution in [2.24, 2.45) is 0 Å². The number of fused-ring (bicyclic) bond motifs is 9. The lowest BCUT2D eigenvalue weighted by atomic mass is 9.79. The minimum absolute atomic E-state index is 0.166. The highest BCUT2D eigenvalue weighted by atomic mass is 15.1. The van der Waals surface area contributed by atoms with E-state index in [1.165, 1.54) is 65.9 Å². The minimum atomic E-state index is -0.263. The average molecular weight is 834 g/mol. The van der Waals surface area contributed by atoms with Crippen molar-refractivity contribution < 1.29 is 0 Å². The van der Waals surface area contributed by atoms with E-state index >= 15 is 0 Å². The summed E-state index contributed by atoms with van der Waals surface area (Å²) in [6.07, 6.45) is 4.72. The van der Waals surface area contributed by atoms with Gasteiger partial charge in [-0.15, -0.1) is 0 Å². The molecule has 5 heteroatoms. The Morgan fingerprint density at radius 2 is 0.846 bits per heavy atom. The van der Waals surface area contributed by atoms with Gasteiger partial charge in [0.05, 0.1) is 12.1 Å². The van der Waals surface area contributed by atoms with Crippen LogP contribution in [0, 0.1) is 0 Å². The highest BCUT2D eigenvalue weighted by Crippen LogP contribution is 2.54. The second kappa shape index (κ2) is 14.4. The lowest BCUT2D eigenvalue weighted by Gasteiger charge is -2.36. The monoisotopic (exact) mass is 833 g/mol. The van der Waals surface area contributed by atoms with Crippen molar-refractivity contribution in [1.82, 2.24) is 24.1 Å². The molecule has 2 aliphatic carbocycles. The van der Waals surface area contributed by atoms with Crippen molar-refractivity contribution in [3.8, 4) is 33.9 Å². The molecule has 5 nitrogen and oxygen atoms in total. The first-order valence-corrected chi connectivity index (χ1v) is 22.5. The summed E-state index contributed by atoms with van der Waals surface area (Å²) in [5, 5.41) is 4.93. The number of benzene rings is 8. The summed E-state index contributed by atoms with van der Waals surface area (Å²) in [5.74, 6) is 1.91. The molecule has 8 aromatic carbocycles. The predicted octanol–water partition coefficient (Wildman–Crippen LogP) is 14.7. The molecule has 13 rings (SSSR count). The molecule has 0 saturated carbocycles. The zero-order valence-electron chi connectivity index (χ0n) is 36.1. The molecule has 3 aromatic heterocycles. The minimum Gasteiger partial charge on any atom is -0.331 e. The number of hydrogen-bond acceptors (Lipinski definition) is 3. The van der Waals surface area contributed by atoms with Crippen LogP contribution < -0.4 is 0 Å². The molecule has 11 aromatic rings. The van der Waals surface area contributed by atoms with Gasteiger partial charge in [-0.05, 0) is 63.7 Å². The number of hydrogen-bond donors (Lipinski definition) is 0. The van der Waals surface area contributed by atoms with Gasteiger partial charge in [0, 0.05) is 65.7 Å². The van der Waals surface area contributed by atoms with Crippen LogP contribution in [0.25, 0.3) is 88.7 Å². The quantitative estimate of drug-likeness (QED) is 0.168. The molecule has 308 valence electrons. The molecular weight excluding hydrogens is 791 g/mol. The lowest BCUT2D eigenvalue weighted by Crippen LogP contribution is -2.26. The van der Waals surface area contributed by atoms with Crippen molar-refractivity contribution in [2.75, 3.05) is 0 Å². The van der Waals surface area contributed by atoms with Crippen LogP contribution in [0.1, 0.15) is 48.4 Å². The zero-order valence-corrected chi connectivity index (χ0v) is 36.1. The van der Waals surface area contributed by atoms with E-state index in [1.807, 2.05) is 36.4 Å². The van der Waals surface area contributed by atoms with Crippen LogP contribution in [0.5, 0.6) is 0 Å². The van der Waals surface area contributed by atoms with Crippen molar-refractivity contribution in [1.29, 1.82) is 0 Å². The molecule has 2 aliphatic rings. The Kier molecular flexibility index (Phi) is 8.31. The summed E-state index contributed by atoms with van der Waals surface area (Å²) in [5.41, 5.74) is 14.9. The summed E-state index contributed by atoms with van der Waals surface area (Å²) in [6.45, 7) is 4.74. The van der Waals surface area contributed by atoms with Crippen LogP contribution in [-0.2, 0) is 5.41 Å². The SMILES string of the molecule is CC1(C)c2ccccc2-c2ccc(C3=C(c4nc(-c5ccccc5)nc(-c5ccccc5)n4)C=CC(n4c5ccccc5c5ccccc54)C3n3c4ccccc4c4ccccc43)cc21. The largest absolute Gasteiger partial charge is 0.331 e. The van der Waals surface area contributed by atoms with Crippen LogP contribution >= 0.6 is 0 Å². The Morgan fingerprint density at radius 3 is 1.40 bits per heavy atom. The first kappa shape index (κ1) is 37.4. The average Bonchev–Trinajstić information content (AvgIpc) is 3.96. The van der Waals surface area contributed by atoms with Gasteiger partial charge in [0.2, 0.25) is 0 Å². The van der Waals surface area contributed by atoms with E-state index in [1.54, 1.807) is 0 Å². The number of rotatable bonds is 6. The lowest BCUT2D eigenvalue weighted by molar-refractivity contribution is 0.492. The smallest absolute Gasteiger partial charge is 0.164 e. The fraction of sp³-hybridized carbons (Fsp3) is 0.0833. The van der Waals surface area contributed by atoms with E-state index in [9.17, 15) is 0 Å². The second-order valence-corrected chi connectivity index (χ2v) is 17.9. The third kappa shape index (κ3) is 5.68. The Morgan fingerprint density at radius 1 is 0.400 bits per heavy atom. The van der Waals surface area contributed by atoms with Crippen LogP contribution in [0.15, 0.2) is 212 Å². The van der Waals surface area contributed by atoms with Crippen molar-refractivity contribution in [2.45, 2.75) is 31.3 Å². The summed E-state index contributed by atoms with van der Waals surface area (Å²) in [6, 6.07) is 71.8. The third-order valence-electron chi connectivity index (χ3n) is 14.0. The van der Waals surface area contributed by atoms with E-state index < -0.39 is 0 Å². The molecule has 2 atom stereocenters. The van der Waals surface area contributed by atoms with Crippen molar-refractivity contribution in [3.05, 3.63) is 235 Å². The summed E-state index contributed by atoms with van der Waals surface area (Å²) >= 11 is 0. The van der Waals surface area contributed by atoms with E-state index in [0.29, 0.717) is 17.5 Å². The predicted molar refractivity (Wildman–Crippen MR) is 268 cm³/mol. The normalized spacial score (nSPS) is 16.5. The summed E-state index contributed by atoms with van der Waals surface area (Å²) in [7, 11) is 0. The van der Waals surface area contributed by atoms with E-state index in [-0.39, 0.29) is 17.5 Å². The summed E-state index contributed by atoms with van der Waals surface area (Å²) in [4.78, 5) is 16.0.